The molecule has 1 amide bonds. The summed E-state index contributed by atoms with van der Waals surface area (Å²) >= 11 is 0. The summed E-state index contributed by atoms with van der Waals surface area (Å²) < 4.78 is 0. The lowest BCUT2D eigenvalue weighted by molar-refractivity contribution is -0.115. The van der Waals surface area contributed by atoms with Gasteiger partial charge in [0.25, 0.3) is 0 Å². The minimum absolute atomic E-state index is 0.243. The van der Waals surface area contributed by atoms with Crippen LogP contribution < -0.4 is 5.73 Å². The second-order valence-electron chi connectivity index (χ2n) is 3.15. The fourth-order valence-corrected chi connectivity index (χ4v) is 1.30. The van der Waals surface area contributed by atoms with E-state index in [9.17, 15) is 4.79 Å². The van der Waals surface area contributed by atoms with E-state index < -0.39 is 0 Å². The summed E-state index contributed by atoms with van der Waals surface area (Å²) in [5, 5.41) is 0. The topological polar surface area (TPSA) is 43.1 Å². The SMILES string of the molecule is C=C(C(N)=O)C(CC)C(C)C. The van der Waals surface area contributed by atoms with Crippen LogP contribution in [0.15, 0.2) is 12.2 Å². The third kappa shape index (κ3) is 2.74. The summed E-state index contributed by atoms with van der Waals surface area (Å²) in [5.41, 5.74) is 5.67. The second kappa shape index (κ2) is 4.16. The first kappa shape index (κ1) is 10.2. The Hall–Kier alpha value is -0.790. The summed E-state index contributed by atoms with van der Waals surface area (Å²) in [6.07, 6.45) is 0.930. The van der Waals surface area contributed by atoms with Crippen LogP contribution in [-0.4, -0.2) is 5.91 Å². The highest BCUT2D eigenvalue weighted by Gasteiger charge is 2.17. The minimum Gasteiger partial charge on any atom is -0.366 e. The van der Waals surface area contributed by atoms with Gasteiger partial charge in [-0.1, -0.05) is 27.4 Å². The van der Waals surface area contributed by atoms with Gasteiger partial charge in [0, 0.05) is 5.57 Å². The zero-order valence-corrected chi connectivity index (χ0v) is 7.55. The van der Waals surface area contributed by atoms with E-state index in [0.717, 1.165) is 6.42 Å². The van der Waals surface area contributed by atoms with Gasteiger partial charge in [-0.2, -0.15) is 0 Å². The van der Waals surface area contributed by atoms with Gasteiger partial charge >= 0.3 is 0 Å². The Morgan fingerprint density at radius 1 is 1.55 bits per heavy atom. The summed E-state index contributed by atoms with van der Waals surface area (Å²) in [4.78, 5) is 10.7. The van der Waals surface area contributed by atoms with Crippen LogP contribution in [0.3, 0.4) is 0 Å². The first-order valence-corrected chi connectivity index (χ1v) is 3.99. The molecular weight excluding hydrogens is 138 g/mol. The molecule has 0 aromatic carbocycles. The van der Waals surface area contributed by atoms with Gasteiger partial charge < -0.3 is 5.73 Å². The largest absolute Gasteiger partial charge is 0.366 e. The Morgan fingerprint density at radius 2 is 2.00 bits per heavy atom. The van der Waals surface area contributed by atoms with Crippen LogP contribution in [0.4, 0.5) is 0 Å². The maximum absolute atomic E-state index is 10.7. The van der Waals surface area contributed by atoms with Crippen molar-refractivity contribution in [2.24, 2.45) is 17.6 Å². The predicted molar refractivity (Wildman–Crippen MR) is 47.0 cm³/mol. The van der Waals surface area contributed by atoms with Crippen molar-refractivity contribution in [2.45, 2.75) is 27.2 Å². The van der Waals surface area contributed by atoms with Crippen molar-refractivity contribution in [2.75, 3.05) is 0 Å². The first-order chi connectivity index (χ1) is 5.00. The number of carbonyl (C=O) groups is 1. The van der Waals surface area contributed by atoms with Crippen LogP contribution in [0, 0.1) is 11.8 Å². The molecule has 0 bridgehead atoms. The molecule has 2 N–H and O–H groups in total. The smallest absolute Gasteiger partial charge is 0.244 e. The second-order valence-corrected chi connectivity index (χ2v) is 3.15. The number of carbonyl (C=O) groups excluding carboxylic acids is 1. The molecule has 1 atom stereocenters. The van der Waals surface area contributed by atoms with Crippen LogP contribution in [0.1, 0.15) is 27.2 Å². The molecule has 0 radical (unpaired) electrons. The van der Waals surface area contributed by atoms with Gasteiger partial charge in [-0.15, -0.1) is 0 Å². The molecule has 2 heteroatoms. The summed E-state index contributed by atoms with van der Waals surface area (Å²) in [5.74, 6) is 0.318. The van der Waals surface area contributed by atoms with E-state index >= 15 is 0 Å². The summed E-state index contributed by atoms with van der Waals surface area (Å²) in [6, 6.07) is 0. The molecule has 0 spiro atoms. The number of rotatable bonds is 4. The lowest BCUT2D eigenvalue weighted by atomic mass is 9.86. The highest BCUT2D eigenvalue weighted by molar-refractivity contribution is 5.91. The molecule has 0 aliphatic rings. The molecular formula is C9H17NO. The maximum Gasteiger partial charge on any atom is 0.244 e. The van der Waals surface area contributed by atoms with Crippen LogP contribution in [0.2, 0.25) is 0 Å². The van der Waals surface area contributed by atoms with E-state index in [0.29, 0.717) is 11.5 Å². The lowest BCUT2D eigenvalue weighted by Gasteiger charge is -2.18. The zero-order valence-electron chi connectivity index (χ0n) is 7.55. The molecule has 64 valence electrons. The summed E-state index contributed by atoms with van der Waals surface area (Å²) in [6.45, 7) is 9.86. The predicted octanol–water partition coefficient (Wildman–Crippen LogP) is 1.71. The molecule has 0 saturated carbocycles. The standard InChI is InChI=1S/C9H17NO/c1-5-8(6(2)3)7(4)9(10)11/h6,8H,4-5H2,1-3H3,(H2,10,11). The molecule has 0 saturated heterocycles. The average Bonchev–Trinajstić information content (AvgIpc) is 1.88. The molecule has 0 heterocycles. The van der Waals surface area contributed by atoms with Gasteiger partial charge in [0.2, 0.25) is 5.91 Å². The Labute approximate surface area is 68.5 Å². The van der Waals surface area contributed by atoms with Crippen molar-refractivity contribution in [3.05, 3.63) is 12.2 Å². The van der Waals surface area contributed by atoms with E-state index in [1.807, 2.05) is 6.92 Å². The zero-order chi connectivity index (χ0) is 9.02. The van der Waals surface area contributed by atoms with Crippen LogP contribution in [0.25, 0.3) is 0 Å². The molecule has 1 unspecified atom stereocenters. The van der Waals surface area contributed by atoms with Gasteiger partial charge in [-0.25, -0.2) is 0 Å². The average molecular weight is 155 g/mol. The van der Waals surface area contributed by atoms with Gasteiger partial charge in [0.05, 0.1) is 0 Å². The number of primary amides is 1. The minimum atomic E-state index is -0.370. The number of hydrogen-bond acceptors (Lipinski definition) is 1. The summed E-state index contributed by atoms with van der Waals surface area (Å²) in [7, 11) is 0. The van der Waals surface area contributed by atoms with Gasteiger partial charge in [0.15, 0.2) is 0 Å². The quantitative estimate of drug-likeness (QED) is 0.617. The molecule has 0 fully saturated rings. The molecule has 0 aliphatic carbocycles. The molecule has 0 rings (SSSR count). The van der Waals surface area contributed by atoms with Crippen molar-refractivity contribution < 1.29 is 4.79 Å². The molecule has 11 heavy (non-hydrogen) atoms. The molecule has 0 aromatic heterocycles. The van der Waals surface area contributed by atoms with E-state index in [-0.39, 0.29) is 11.8 Å². The normalized spacial score (nSPS) is 13.1. The van der Waals surface area contributed by atoms with E-state index in [1.165, 1.54) is 0 Å². The highest BCUT2D eigenvalue weighted by Crippen LogP contribution is 2.21. The first-order valence-electron chi connectivity index (χ1n) is 3.99. The Kier molecular flexibility index (Phi) is 3.86. The monoisotopic (exact) mass is 155 g/mol. The molecule has 2 nitrogen and oxygen atoms in total. The Morgan fingerprint density at radius 3 is 2.09 bits per heavy atom. The lowest BCUT2D eigenvalue weighted by Crippen LogP contribution is -2.22. The van der Waals surface area contributed by atoms with E-state index in [2.05, 4.69) is 20.4 Å². The van der Waals surface area contributed by atoms with Crippen molar-refractivity contribution in [1.29, 1.82) is 0 Å². The molecule has 0 aliphatic heterocycles. The van der Waals surface area contributed by atoms with Gasteiger partial charge in [-0.05, 0) is 18.3 Å². The highest BCUT2D eigenvalue weighted by atomic mass is 16.1. The Bertz CT molecular complexity index is 161. The van der Waals surface area contributed by atoms with Crippen molar-refractivity contribution in [1.82, 2.24) is 0 Å². The number of amides is 1. The van der Waals surface area contributed by atoms with Crippen molar-refractivity contribution in [3.63, 3.8) is 0 Å². The third-order valence-electron chi connectivity index (χ3n) is 2.01. The van der Waals surface area contributed by atoms with E-state index in [1.54, 1.807) is 0 Å². The number of nitrogens with two attached hydrogens (primary N) is 1. The Balaban J connectivity index is 4.26. The van der Waals surface area contributed by atoms with Gasteiger partial charge in [-0.3, -0.25) is 4.79 Å². The van der Waals surface area contributed by atoms with Crippen LogP contribution in [0.5, 0.6) is 0 Å². The fourth-order valence-electron chi connectivity index (χ4n) is 1.30. The third-order valence-corrected chi connectivity index (χ3v) is 2.01. The van der Waals surface area contributed by atoms with Crippen molar-refractivity contribution >= 4 is 5.91 Å². The maximum atomic E-state index is 10.7. The van der Waals surface area contributed by atoms with Crippen LogP contribution >= 0.6 is 0 Å². The van der Waals surface area contributed by atoms with Crippen molar-refractivity contribution in [3.8, 4) is 0 Å². The number of hydrogen-bond donors (Lipinski definition) is 1. The fraction of sp³-hybridized carbons (Fsp3) is 0.667. The van der Waals surface area contributed by atoms with E-state index in [4.69, 9.17) is 5.73 Å². The molecule has 0 aromatic rings. The van der Waals surface area contributed by atoms with Gasteiger partial charge in [0.1, 0.15) is 0 Å². The van der Waals surface area contributed by atoms with Crippen LogP contribution in [-0.2, 0) is 4.79 Å².